The Morgan fingerprint density at radius 2 is 2.05 bits per heavy atom. The number of nitrogens with one attached hydrogen (secondary N) is 1. The second-order valence-corrected chi connectivity index (χ2v) is 5.56. The molecule has 0 saturated heterocycles. The lowest BCUT2D eigenvalue weighted by molar-refractivity contribution is 0.605. The van der Waals surface area contributed by atoms with E-state index < -0.39 is 9.84 Å². The minimum atomic E-state index is -3.57. The molecule has 0 fully saturated rings. The van der Waals surface area contributed by atoms with E-state index >= 15 is 0 Å². The van der Waals surface area contributed by atoms with Crippen molar-refractivity contribution in [3.8, 4) is 0 Å². The molecule has 0 saturated carbocycles. The monoisotopic (exact) mass is 295 g/mol. The third kappa shape index (κ3) is 3.07. The van der Waals surface area contributed by atoms with Crippen LogP contribution in [0.5, 0.6) is 0 Å². The second kappa shape index (κ2) is 5.33. The van der Waals surface area contributed by atoms with Crippen molar-refractivity contribution in [3.63, 3.8) is 0 Å². The lowest BCUT2D eigenvalue weighted by Gasteiger charge is -2.08. The number of benzene rings is 1. The molecule has 1 heterocycles. The molecule has 0 aliphatic carbocycles. The zero-order valence-electron chi connectivity index (χ0n) is 9.54. The largest absolute Gasteiger partial charge is 0.323 e. The molecule has 0 bridgehead atoms. The Bertz CT molecular complexity index is 718. The number of para-hydroxylation sites is 1. The van der Waals surface area contributed by atoms with Crippen molar-refractivity contribution in [2.24, 2.45) is 0 Å². The van der Waals surface area contributed by atoms with Crippen LogP contribution in [-0.2, 0) is 9.84 Å². The Morgan fingerprint density at radius 3 is 2.74 bits per heavy atom. The lowest BCUT2D eigenvalue weighted by Crippen LogP contribution is -2.04. The molecule has 8 heteroatoms. The topological polar surface area (TPSA) is 84.8 Å². The number of hydrogen-bond donors (Lipinski definition) is 1. The van der Waals surface area contributed by atoms with Crippen molar-refractivity contribution in [1.82, 2.24) is 15.0 Å². The van der Waals surface area contributed by atoms with Gasteiger partial charge in [0.2, 0.25) is 27.4 Å². The Morgan fingerprint density at radius 1 is 1.32 bits per heavy atom. The number of nitrogens with zero attached hydrogens (tertiary/aromatic N) is 3. The van der Waals surface area contributed by atoms with E-state index in [1.165, 1.54) is 6.07 Å². The number of rotatable bonds is 4. The fraction of sp³-hybridized carbons (Fsp3) is 0. The van der Waals surface area contributed by atoms with Crippen LogP contribution in [-0.4, -0.2) is 23.4 Å². The van der Waals surface area contributed by atoms with Crippen LogP contribution in [0.4, 0.5) is 11.6 Å². The summed E-state index contributed by atoms with van der Waals surface area (Å²) in [7, 11) is -3.57. The number of sulfone groups is 1. The van der Waals surface area contributed by atoms with Gasteiger partial charge < -0.3 is 5.32 Å². The van der Waals surface area contributed by atoms with Crippen LogP contribution in [0.2, 0.25) is 5.28 Å². The van der Waals surface area contributed by atoms with Crippen molar-refractivity contribution in [1.29, 1.82) is 0 Å². The lowest BCUT2D eigenvalue weighted by atomic mass is 10.3. The van der Waals surface area contributed by atoms with Gasteiger partial charge in [-0.15, -0.1) is 0 Å². The first-order chi connectivity index (χ1) is 9.03. The minimum absolute atomic E-state index is 0.0402. The highest BCUT2D eigenvalue weighted by Gasteiger charge is 2.15. The van der Waals surface area contributed by atoms with E-state index in [0.717, 1.165) is 5.41 Å². The summed E-state index contributed by atoms with van der Waals surface area (Å²) in [6, 6.07) is 6.31. The molecular weight excluding hydrogens is 288 g/mol. The maximum atomic E-state index is 11.8. The highest BCUT2D eigenvalue weighted by Crippen LogP contribution is 2.24. The van der Waals surface area contributed by atoms with Gasteiger partial charge in [0.1, 0.15) is 0 Å². The quantitative estimate of drug-likeness (QED) is 0.928. The maximum Gasteiger partial charge on any atom is 0.232 e. The van der Waals surface area contributed by atoms with Crippen LogP contribution in [0.15, 0.2) is 41.1 Å². The zero-order chi connectivity index (χ0) is 13.9. The van der Waals surface area contributed by atoms with Crippen molar-refractivity contribution >= 4 is 33.1 Å². The average Bonchev–Trinajstić information content (AvgIpc) is 2.39. The fourth-order valence-corrected chi connectivity index (χ4v) is 2.33. The molecule has 0 amide bonds. The van der Waals surface area contributed by atoms with Crippen LogP contribution in [0.3, 0.4) is 0 Å². The molecule has 19 heavy (non-hydrogen) atoms. The summed E-state index contributed by atoms with van der Waals surface area (Å²) in [6.07, 6.45) is 2.30. The standard InChI is InChI=1S/C11H8ClN4O2S/c1-2-19(17,18)9-6-4-3-5-8(9)15-11-14-7-13-10(12)16-11/h2-6H,1H2,(H,13,14,15,16). The summed E-state index contributed by atoms with van der Waals surface area (Å²) < 4.78 is 23.7. The highest BCUT2D eigenvalue weighted by molar-refractivity contribution is 7.94. The summed E-state index contributed by atoms with van der Waals surface area (Å²) in [4.78, 5) is 11.1. The summed E-state index contributed by atoms with van der Waals surface area (Å²) in [5, 5.41) is 3.58. The Hall–Kier alpha value is -1.99. The van der Waals surface area contributed by atoms with E-state index in [0.29, 0.717) is 5.69 Å². The number of aromatic nitrogens is 3. The van der Waals surface area contributed by atoms with E-state index in [1.54, 1.807) is 18.2 Å². The normalized spacial score (nSPS) is 11.0. The Balaban J connectivity index is 2.44. The number of hydrogen-bond acceptors (Lipinski definition) is 6. The van der Waals surface area contributed by atoms with Gasteiger partial charge >= 0.3 is 0 Å². The van der Waals surface area contributed by atoms with Crippen LogP contribution >= 0.6 is 11.6 Å². The molecule has 2 aromatic rings. The number of anilines is 2. The first kappa shape index (κ1) is 13.4. The molecule has 97 valence electrons. The molecule has 0 aliphatic rings. The maximum absolute atomic E-state index is 11.8. The van der Waals surface area contributed by atoms with E-state index in [1.807, 2.05) is 0 Å². The molecule has 0 atom stereocenters. The van der Waals surface area contributed by atoms with Crippen LogP contribution in [0.1, 0.15) is 0 Å². The van der Waals surface area contributed by atoms with Gasteiger partial charge in [-0.3, -0.25) is 0 Å². The first-order valence-corrected chi connectivity index (χ1v) is 6.96. The van der Waals surface area contributed by atoms with Gasteiger partial charge in [-0.1, -0.05) is 18.7 Å². The van der Waals surface area contributed by atoms with Gasteiger partial charge in [0.15, 0.2) is 0 Å². The van der Waals surface area contributed by atoms with Crippen molar-refractivity contribution in [3.05, 3.63) is 47.9 Å². The van der Waals surface area contributed by atoms with Crippen LogP contribution in [0, 0.1) is 6.33 Å². The predicted octanol–water partition coefficient (Wildman–Crippen LogP) is 1.99. The van der Waals surface area contributed by atoms with Crippen LogP contribution < -0.4 is 5.32 Å². The Labute approximate surface area is 115 Å². The molecule has 2 rings (SSSR count). The van der Waals surface area contributed by atoms with Gasteiger partial charge in [0.05, 0.1) is 10.6 Å². The SMILES string of the molecule is C=CS(=O)(=O)c1ccccc1Nc1n[c]nc(Cl)n1. The van der Waals surface area contributed by atoms with E-state index in [2.05, 4.69) is 33.2 Å². The third-order valence-corrected chi connectivity index (χ3v) is 3.73. The van der Waals surface area contributed by atoms with E-state index in [-0.39, 0.29) is 16.1 Å². The molecule has 1 aromatic heterocycles. The van der Waals surface area contributed by atoms with Crippen LogP contribution in [0.25, 0.3) is 0 Å². The molecule has 1 aromatic carbocycles. The van der Waals surface area contributed by atoms with Crippen molar-refractivity contribution in [2.75, 3.05) is 5.32 Å². The molecule has 1 radical (unpaired) electrons. The minimum Gasteiger partial charge on any atom is -0.323 e. The van der Waals surface area contributed by atoms with E-state index in [4.69, 9.17) is 11.6 Å². The summed E-state index contributed by atoms with van der Waals surface area (Å²) in [5.41, 5.74) is 0.318. The van der Waals surface area contributed by atoms with Gasteiger partial charge in [-0.2, -0.15) is 15.0 Å². The molecule has 6 nitrogen and oxygen atoms in total. The average molecular weight is 296 g/mol. The van der Waals surface area contributed by atoms with Crippen molar-refractivity contribution in [2.45, 2.75) is 4.90 Å². The first-order valence-electron chi connectivity index (χ1n) is 5.04. The Kier molecular flexibility index (Phi) is 3.77. The van der Waals surface area contributed by atoms with Crippen molar-refractivity contribution < 1.29 is 8.42 Å². The highest BCUT2D eigenvalue weighted by atomic mass is 35.5. The third-order valence-electron chi connectivity index (χ3n) is 2.16. The fourth-order valence-electron chi connectivity index (χ4n) is 1.34. The summed E-state index contributed by atoms with van der Waals surface area (Å²) in [6.45, 7) is 3.29. The second-order valence-electron chi connectivity index (χ2n) is 3.36. The molecule has 0 unspecified atom stereocenters. The van der Waals surface area contributed by atoms with Gasteiger partial charge in [-0.05, 0) is 23.7 Å². The molecule has 1 N–H and O–H groups in total. The smallest absolute Gasteiger partial charge is 0.232 e. The summed E-state index contributed by atoms with van der Waals surface area (Å²) in [5.74, 6) is 0.103. The zero-order valence-corrected chi connectivity index (χ0v) is 11.1. The predicted molar refractivity (Wildman–Crippen MR) is 70.8 cm³/mol. The molecule has 0 aliphatic heterocycles. The number of halogens is 1. The van der Waals surface area contributed by atoms with Gasteiger partial charge in [0, 0.05) is 5.41 Å². The molecule has 0 spiro atoms. The molecular formula is C11H8ClN4O2S. The van der Waals surface area contributed by atoms with Gasteiger partial charge in [-0.25, -0.2) is 8.42 Å². The van der Waals surface area contributed by atoms with E-state index in [9.17, 15) is 8.42 Å². The summed E-state index contributed by atoms with van der Waals surface area (Å²) >= 11 is 5.60. The van der Waals surface area contributed by atoms with Gasteiger partial charge in [0.25, 0.3) is 0 Å².